The highest BCUT2D eigenvalue weighted by molar-refractivity contribution is 5.79. The molecule has 0 radical (unpaired) electrons. The molecule has 0 saturated carbocycles. The molecule has 1 aromatic heterocycles. The van der Waals surface area contributed by atoms with E-state index in [0.717, 1.165) is 11.1 Å². The van der Waals surface area contributed by atoms with Crippen molar-refractivity contribution in [3.63, 3.8) is 0 Å². The van der Waals surface area contributed by atoms with E-state index in [1.54, 1.807) is 4.90 Å². The lowest BCUT2D eigenvalue weighted by Gasteiger charge is -2.39. The molecule has 6 nitrogen and oxygen atoms in total. The zero-order chi connectivity index (χ0) is 19.6. The number of aromatic nitrogens is 1. The first-order chi connectivity index (χ1) is 12.8. The predicted molar refractivity (Wildman–Crippen MR) is 101 cm³/mol. The summed E-state index contributed by atoms with van der Waals surface area (Å²) in [6, 6.07) is 9.77. The van der Waals surface area contributed by atoms with Crippen molar-refractivity contribution in [1.29, 1.82) is 0 Å². The Labute approximate surface area is 159 Å². The van der Waals surface area contributed by atoms with Gasteiger partial charge < -0.3 is 14.5 Å². The molecule has 1 N–H and O–H groups in total. The van der Waals surface area contributed by atoms with Crippen LogP contribution in [-0.4, -0.2) is 40.1 Å². The van der Waals surface area contributed by atoms with Crippen LogP contribution in [0.4, 0.5) is 0 Å². The number of amides is 1. The zero-order valence-electron chi connectivity index (χ0n) is 16.1. The normalized spacial score (nSPS) is 16.5. The van der Waals surface area contributed by atoms with Crippen LogP contribution in [0.15, 0.2) is 34.9 Å². The van der Waals surface area contributed by atoms with Gasteiger partial charge in [0.1, 0.15) is 11.5 Å². The van der Waals surface area contributed by atoms with Crippen LogP contribution in [0.5, 0.6) is 0 Å². The van der Waals surface area contributed by atoms with Gasteiger partial charge >= 0.3 is 5.97 Å². The van der Waals surface area contributed by atoms with Gasteiger partial charge in [-0.25, -0.2) is 0 Å². The molecule has 2 aromatic rings. The van der Waals surface area contributed by atoms with Crippen LogP contribution in [0.2, 0.25) is 0 Å². The molecule has 1 saturated heterocycles. The first kappa shape index (κ1) is 19.1. The van der Waals surface area contributed by atoms with E-state index in [1.165, 1.54) is 0 Å². The maximum atomic E-state index is 12.2. The van der Waals surface area contributed by atoms with Gasteiger partial charge in [-0.05, 0) is 19.8 Å². The summed E-state index contributed by atoms with van der Waals surface area (Å²) in [6.07, 6.45) is 1.12. The third kappa shape index (κ3) is 4.04. The van der Waals surface area contributed by atoms with E-state index < -0.39 is 11.4 Å². The zero-order valence-corrected chi connectivity index (χ0v) is 16.1. The first-order valence-electron chi connectivity index (χ1n) is 9.35. The average Bonchev–Trinajstić information content (AvgIpc) is 3.10. The van der Waals surface area contributed by atoms with E-state index >= 15 is 0 Å². The van der Waals surface area contributed by atoms with Crippen molar-refractivity contribution in [3.8, 4) is 11.3 Å². The predicted octanol–water partition coefficient (Wildman–Crippen LogP) is 3.54. The highest BCUT2D eigenvalue weighted by atomic mass is 16.5. The molecule has 144 valence electrons. The summed E-state index contributed by atoms with van der Waals surface area (Å²) in [5, 5.41) is 14.0. The number of aryl methyl sites for hydroxylation is 1. The topological polar surface area (TPSA) is 83.6 Å². The SMILES string of the molecule is Cc1ccc(-c2cc(CC3(C(=O)O)CCN(C(=O)C(C)C)CC3)on2)cc1. The molecule has 0 unspecified atom stereocenters. The van der Waals surface area contributed by atoms with Crippen LogP contribution in [0.25, 0.3) is 11.3 Å². The van der Waals surface area contributed by atoms with Crippen molar-refractivity contribution < 1.29 is 19.2 Å². The molecule has 0 atom stereocenters. The summed E-state index contributed by atoms with van der Waals surface area (Å²) in [6.45, 7) is 6.67. The number of hydrogen-bond acceptors (Lipinski definition) is 4. The maximum Gasteiger partial charge on any atom is 0.310 e. The number of carbonyl (C=O) groups is 2. The summed E-state index contributed by atoms with van der Waals surface area (Å²) >= 11 is 0. The molecule has 0 aliphatic carbocycles. The fourth-order valence-electron chi connectivity index (χ4n) is 3.58. The molecule has 1 fully saturated rings. The lowest BCUT2D eigenvalue weighted by Crippen LogP contribution is -2.48. The van der Waals surface area contributed by atoms with Gasteiger partial charge in [0, 0.05) is 37.1 Å². The van der Waals surface area contributed by atoms with Gasteiger partial charge in [-0.1, -0.05) is 48.8 Å². The van der Waals surface area contributed by atoms with Crippen molar-refractivity contribution in [2.75, 3.05) is 13.1 Å². The molecule has 0 bridgehead atoms. The van der Waals surface area contributed by atoms with Crippen molar-refractivity contribution in [3.05, 3.63) is 41.7 Å². The Morgan fingerprint density at radius 3 is 2.41 bits per heavy atom. The Hall–Kier alpha value is -2.63. The summed E-state index contributed by atoms with van der Waals surface area (Å²) in [5.41, 5.74) is 1.89. The number of nitrogens with zero attached hydrogens (tertiary/aromatic N) is 2. The van der Waals surface area contributed by atoms with Gasteiger partial charge in [0.15, 0.2) is 0 Å². The average molecular weight is 370 g/mol. The number of piperidine rings is 1. The Bertz CT molecular complexity index is 815. The lowest BCUT2D eigenvalue weighted by molar-refractivity contribution is -0.155. The van der Waals surface area contributed by atoms with Gasteiger partial charge in [-0.15, -0.1) is 0 Å². The van der Waals surface area contributed by atoms with Gasteiger partial charge in [-0.2, -0.15) is 0 Å². The van der Waals surface area contributed by atoms with Gasteiger partial charge in [0.05, 0.1) is 5.41 Å². The van der Waals surface area contributed by atoms with E-state index in [0.29, 0.717) is 37.4 Å². The molecular weight excluding hydrogens is 344 g/mol. The fourth-order valence-corrected chi connectivity index (χ4v) is 3.58. The Kier molecular flexibility index (Phi) is 5.35. The van der Waals surface area contributed by atoms with Gasteiger partial charge in [-0.3, -0.25) is 9.59 Å². The number of aliphatic carboxylic acids is 1. The van der Waals surface area contributed by atoms with Gasteiger partial charge in [0.2, 0.25) is 5.91 Å². The summed E-state index contributed by atoms with van der Waals surface area (Å²) < 4.78 is 5.45. The summed E-state index contributed by atoms with van der Waals surface area (Å²) in [4.78, 5) is 26.0. The number of likely N-dealkylation sites (tertiary alicyclic amines) is 1. The molecule has 1 aromatic carbocycles. The maximum absolute atomic E-state index is 12.2. The molecular formula is C21H26N2O4. The Morgan fingerprint density at radius 1 is 1.22 bits per heavy atom. The lowest BCUT2D eigenvalue weighted by atomic mass is 9.75. The van der Waals surface area contributed by atoms with Crippen LogP contribution in [-0.2, 0) is 16.0 Å². The fraction of sp³-hybridized carbons (Fsp3) is 0.476. The minimum atomic E-state index is -0.919. The van der Waals surface area contributed by atoms with E-state index in [1.807, 2.05) is 51.1 Å². The highest BCUT2D eigenvalue weighted by Gasteiger charge is 2.43. The second-order valence-electron chi connectivity index (χ2n) is 7.79. The highest BCUT2D eigenvalue weighted by Crippen LogP contribution is 2.36. The number of benzene rings is 1. The third-order valence-electron chi connectivity index (χ3n) is 5.40. The number of carboxylic acids is 1. The van der Waals surface area contributed by atoms with E-state index in [9.17, 15) is 14.7 Å². The van der Waals surface area contributed by atoms with Crippen molar-refractivity contribution in [2.24, 2.45) is 11.3 Å². The first-order valence-corrected chi connectivity index (χ1v) is 9.35. The van der Waals surface area contributed by atoms with Gasteiger partial charge in [0.25, 0.3) is 0 Å². The molecule has 0 spiro atoms. The molecule has 1 amide bonds. The molecule has 1 aliphatic rings. The van der Waals surface area contributed by atoms with E-state index in [4.69, 9.17) is 4.52 Å². The molecule has 1 aliphatic heterocycles. The van der Waals surface area contributed by atoms with Crippen LogP contribution >= 0.6 is 0 Å². The van der Waals surface area contributed by atoms with Crippen molar-refractivity contribution >= 4 is 11.9 Å². The van der Waals surface area contributed by atoms with Crippen LogP contribution in [0, 0.1) is 18.3 Å². The van der Waals surface area contributed by atoms with E-state index in [-0.39, 0.29) is 18.2 Å². The molecule has 3 rings (SSSR count). The Morgan fingerprint density at radius 2 is 1.85 bits per heavy atom. The number of rotatable bonds is 5. The monoisotopic (exact) mass is 370 g/mol. The minimum Gasteiger partial charge on any atom is -0.481 e. The van der Waals surface area contributed by atoms with Crippen molar-refractivity contribution in [2.45, 2.75) is 40.0 Å². The van der Waals surface area contributed by atoms with Crippen LogP contribution < -0.4 is 0 Å². The summed E-state index contributed by atoms with van der Waals surface area (Å²) in [7, 11) is 0. The third-order valence-corrected chi connectivity index (χ3v) is 5.40. The van der Waals surface area contributed by atoms with E-state index in [2.05, 4.69) is 5.16 Å². The standard InChI is InChI=1S/C21H26N2O4/c1-14(2)19(24)23-10-8-21(9-11-23,20(25)26)13-17-12-18(22-27-17)16-6-4-15(3)5-7-16/h4-7,12,14H,8-11,13H2,1-3H3,(H,25,26). The molecule has 6 heteroatoms. The van der Waals surface area contributed by atoms with Crippen LogP contribution in [0.1, 0.15) is 38.0 Å². The van der Waals surface area contributed by atoms with Crippen LogP contribution in [0.3, 0.4) is 0 Å². The van der Waals surface area contributed by atoms with Crippen molar-refractivity contribution in [1.82, 2.24) is 10.1 Å². The second kappa shape index (κ2) is 7.55. The number of hydrogen-bond donors (Lipinski definition) is 1. The summed E-state index contributed by atoms with van der Waals surface area (Å²) in [5.74, 6) is -0.270. The largest absolute Gasteiger partial charge is 0.481 e. The number of carbonyl (C=O) groups excluding carboxylic acids is 1. The number of carboxylic acid groups (broad SMARTS) is 1. The smallest absolute Gasteiger partial charge is 0.310 e. The molecule has 2 heterocycles. The Balaban J connectivity index is 1.73. The quantitative estimate of drug-likeness (QED) is 0.870. The second-order valence-corrected chi connectivity index (χ2v) is 7.79. The molecule has 27 heavy (non-hydrogen) atoms. The minimum absolute atomic E-state index is 0.0753.